The minimum Gasteiger partial charge on any atom is -0.481 e. The number of ether oxygens (including phenoxy) is 1. The van der Waals surface area contributed by atoms with Crippen LogP contribution in [0, 0.1) is 17.8 Å². The molecule has 0 spiro atoms. The van der Waals surface area contributed by atoms with Gasteiger partial charge in [0.2, 0.25) is 0 Å². The summed E-state index contributed by atoms with van der Waals surface area (Å²) in [4.78, 5) is 24.4. The Kier molecular flexibility index (Phi) is 4.82. The van der Waals surface area contributed by atoms with Gasteiger partial charge in [-0.15, -0.1) is 0 Å². The Bertz CT molecular complexity index is 348. The molecule has 19 heavy (non-hydrogen) atoms. The summed E-state index contributed by atoms with van der Waals surface area (Å²) in [5.41, 5.74) is -0.504. The van der Waals surface area contributed by atoms with Crippen molar-refractivity contribution in [1.82, 2.24) is 4.90 Å². The van der Waals surface area contributed by atoms with Gasteiger partial charge in [0, 0.05) is 13.6 Å². The van der Waals surface area contributed by atoms with Crippen LogP contribution in [-0.2, 0) is 9.53 Å². The zero-order valence-corrected chi connectivity index (χ0v) is 12.5. The van der Waals surface area contributed by atoms with Crippen molar-refractivity contribution in [3.63, 3.8) is 0 Å². The summed E-state index contributed by atoms with van der Waals surface area (Å²) in [5, 5.41) is 9.04. The highest BCUT2D eigenvalue weighted by Crippen LogP contribution is 2.36. The minimum atomic E-state index is -0.728. The summed E-state index contributed by atoms with van der Waals surface area (Å²) in [7, 11) is 1.70. The highest BCUT2D eigenvalue weighted by molar-refractivity contribution is 5.70. The maximum absolute atomic E-state index is 11.9. The largest absolute Gasteiger partial charge is 0.481 e. The van der Waals surface area contributed by atoms with E-state index in [1.54, 1.807) is 11.9 Å². The van der Waals surface area contributed by atoms with Crippen molar-refractivity contribution < 1.29 is 19.4 Å². The lowest BCUT2D eigenvalue weighted by atomic mass is 9.98. The Morgan fingerprint density at radius 1 is 1.32 bits per heavy atom. The van der Waals surface area contributed by atoms with Crippen molar-refractivity contribution in [3.05, 3.63) is 0 Å². The number of nitrogens with zero attached hydrogens (tertiary/aromatic N) is 1. The second-order valence-electron chi connectivity index (χ2n) is 6.60. The van der Waals surface area contributed by atoms with Crippen LogP contribution in [-0.4, -0.2) is 41.3 Å². The van der Waals surface area contributed by atoms with E-state index in [4.69, 9.17) is 9.84 Å². The normalized spacial score (nSPS) is 27.1. The van der Waals surface area contributed by atoms with Gasteiger partial charge in [-0.3, -0.25) is 4.79 Å². The summed E-state index contributed by atoms with van der Waals surface area (Å²) in [6.45, 7) is 8.10. The van der Waals surface area contributed by atoms with Gasteiger partial charge in [-0.1, -0.05) is 6.92 Å². The van der Waals surface area contributed by atoms with Gasteiger partial charge in [0.05, 0.1) is 5.92 Å². The Hall–Kier alpha value is -1.26. The van der Waals surface area contributed by atoms with Crippen LogP contribution in [0.1, 0.15) is 40.5 Å². The van der Waals surface area contributed by atoms with Gasteiger partial charge < -0.3 is 14.7 Å². The lowest BCUT2D eigenvalue weighted by Crippen LogP contribution is -2.37. The van der Waals surface area contributed by atoms with E-state index in [0.717, 1.165) is 0 Å². The fourth-order valence-corrected chi connectivity index (χ4v) is 2.56. The number of carbonyl (C=O) groups is 2. The first-order valence-corrected chi connectivity index (χ1v) is 6.77. The fourth-order valence-electron chi connectivity index (χ4n) is 2.56. The molecule has 0 aliphatic heterocycles. The lowest BCUT2D eigenvalue weighted by molar-refractivity contribution is -0.141. The van der Waals surface area contributed by atoms with Crippen LogP contribution in [0.2, 0.25) is 0 Å². The lowest BCUT2D eigenvalue weighted by Gasteiger charge is -2.27. The van der Waals surface area contributed by atoms with Crippen LogP contribution < -0.4 is 0 Å². The Morgan fingerprint density at radius 3 is 2.32 bits per heavy atom. The standard InChI is InChI=1S/C14H25NO4/c1-9-6-10(12(16)17)7-11(9)8-15(5)13(18)19-14(2,3)4/h9-11H,6-8H2,1-5H3,(H,16,17)/t9-,10+,11-/m1/s1. The van der Waals surface area contributed by atoms with Crippen LogP contribution in [0.15, 0.2) is 0 Å². The van der Waals surface area contributed by atoms with Gasteiger partial charge in [0.15, 0.2) is 0 Å². The maximum Gasteiger partial charge on any atom is 0.410 e. The molecule has 1 aliphatic rings. The van der Waals surface area contributed by atoms with Gasteiger partial charge in [-0.25, -0.2) is 4.79 Å². The molecule has 0 saturated heterocycles. The quantitative estimate of drug-likeness (QED) is 0.856. The molecule has 5 nitrogen and oxygen atoms in total. The third-order valence-electron chi connectivity index (χ3n) is 3.61. The zero-order chi connectivity index (χ0) is 14.8. The molecule has 1 amide bonds. The molecule has 1 saturated carbocycles. The topological polar surface area (TPSA) is 66.8 Å². The van der Waals surface area contributed by atoms with Gasteiger partial charge in [0.1, 0.15) is 5.60 Å². The molecule has 1 fully saturated rings. The summed E-state index contributed by atoms with van der Waals surface area (Å²) < 4.78 is 5.29. The molecule has 0 aromatic carbocycles. The number of hydrogen-bond acceptors (Lipinski definition) is 3. The molecular weight excluding hydrogens is 246 g/mol. The third-order valence-corrected chi connectivity index (χ3v) is 3.61. The van der Waals surface area contributed by atoms with Crippen molar-refractivity contribution in [2.45, 2.75) is 46.1 Å². The number of aliphatic carboxylic acids is 1. The number of amides is 1. The first-order valence-electron chi connectivity index (χ1n) is 6.77. The summed E-state index contributed by atoms with van der Waals surface area (Å²) in [6.07, 6.45) is 0.990. The van der Waals surface area contributed by atoms with Crippen LogP contribution in [0.4, 0.5) is 4.79 Å². The first-order chi connectivity index (χ1) is 8.60. The SMILES string of the molecule is C[C@@H]1C[C@H](C(=O)O)C[C@@H]1CN(C)C(=O)OC(C)(C)C. The molecule has 1 N–H and O–H groups in total. The van der Waals surface area contributed by atoms with E-state index >= 15 is 0 Å². The minimum absolute atomic E-state index is 0.235. The summed E-state index contributed by atoms with van der Waals surface area (Å²) >= 11 is 0. The molecule has 0 bridgehead atoms. The zero-order valence-electron chi connectivity index (χ0n) is 12.5. The number of rotatable bonds is 3. The van der Waals surface area contributed by atoms with E-state index in [-0.39, 0.29) is 17.9 Å². The van der Waals surface area contributed by atoms with Crippen LogP contribution in [0.25, 0.3) is 0 Å². The fraction of sp³-hybridized carbons (Fsp3) is 0.857. The molecule has 0 radical (unpaired) electrons. The molecule has 0 aromatic rings. The van der Waals surface area contributed by atoms with Crippen molar-refractivity contribution in [3.8, 4) is 0 Å². The van der Waals surface area contributed by atoms with Crippen LogP contribution >= 0.6 is 0 Å². The molecule has 1 rings (SSSR count). The highest BCUT2D eigenvalue weighted by atomic mass is 16.6. The third kappa shape index (κ3) is 4.73. The van der Waals surface area contributed by atoms with Gasteiger partial charge in [-0.2, -0.15) is 0 Å². The maximum atomic E-state index is 11.9. The van der Waals surface area contributed by atoms with E-state index in [1.165, 1.54) is 0 Å². The van der Waals surface area contributed by atoms with E-state index in [1.807, 2.05) is 20.8 Å². The number of carboxylic acid groups (broad SMARTS) is 1. The van der Waals surface area contributed by atoms with Crippen LogP contribution in [0.3, 0.4) is 0 Å². The second kappa shape index (κ2) is 5.80. The summed E-state index contributed by atoms with van der Waals surface area (Å²) in [5.74, 6) is -0.439. The molecule has 3 atom stereocenters. The number of carboxylic acids is 1. The molecule has 0 unspecified atom stereocenters. The average Bonchev–Trinajstić information content (AvgIpc) is 2.58. The molecule has 5 heteroatoms. The Labute approximate surface area is 114 Å². The van der Waals surface area contributed by atoms with Crippen molar-refractivity contribution in [2.24, 2.45) is 17.8 Å². The second-order valence-corrected chi connectivity index (χ2v) is 6.60. The molecule has 0 aromatic heterocycles. The van der Waals surface area contributed by atoms with Gasteiger partial charge in [0.25, 0.3) is 0 Å². The smallest absolute Gasteiger partial charge is 0.410 e. The molecule has 110 valence electrons. The van der Waals surface area contributed by atoms with E-state index in [9.17, 15) is 9.59 Å². The van der Waals surface area contributed by atoms with E-state index < -0.39 is 11.6 Å². The summed E-state index contributed by atoms with van der Waals surface area (Å²) in [6, 6.07) is 0. The van der Waals surface area contributed by atoms with E-state index in [0.29, 0.717) is 25.3 Å². The van der Waals surface area contributed by atoms with Gasteiger partial charge >= 0.3 is 12.1 Å². The first kappa shape index (κ1) is 15.8. The predicted molar refractivity (Wildman–Crippen MR) is 71.9 cm³/mol. The van der Waals surface area contributed by atoms with Crippen LogP contribution in [0.5, 0.6) is 0 Å². The van der Waals surface area contributed by atoms with E-state index in [2.05, 4.69) is 6.92 Å². The average molecular weight is 271 g/mol. The Balaban J connectivity index is 2.51. The molecule has 0 heterocycles. The predicted octanol–water partition coefficient (Wildman–Crippen LogP) is 2.60. The van der Waals surface area contributed by atoms with Gasteiger partial charge in [-0.05, 0) is 45.4 Å². The molecule has 1 aliphatic carbocycles. The Morgan fingerprint density at radius 2 is 1.89 bits per heavy atom. The number of hydrogen-bond donors (Lipinski definition) is 1. The van der Waals surface area contributed by atoms with Crippen molar-refractivity contribution in [1.29, 1.82) is 0 Å². The van der Waals surface area contributed by atoms with Crippen molar-refractivity contribution >= 4 is 12.1 Å². The van der Waals surface area contributed by atoms with Crippen molar-refractivity contribution in [2.75, 3.05) is 13.6 Å². The molecular formula is C14H25NO4. The monoisotopic (exact) mass is 271 g/mol. The number of carbonyl (C=O) groups excluding carboxylic acids is 1. The highest BCUT2D eigenvalue weighted by Gasteiger charge is 2.36.